The molecule has 0 bridgehead atoms. The lowest BCUT2D eigenvalue weighted by atomic mass is 10.0. The molecule has 2 aromatic rings. The highest BCUT2D eigenvalue weighted by Gasteiger charge is 2.19. The molecule has 170 valence electrons. The number of esters is 1. The maximum Gasteiger partial charge on any atom is 0.338 e. The number of ether oxygens (including phenoxy) is 2. The molecule has 0 radical (unpaired) electrons. The van der Waals surface area contributed by atoms with Crippen LogP contribution in [0.5, 0.6) is 0 Å². The highest BCUT2D eigenvalue weighted by atomic mass is 32.2. The molecule has 0 heterocycles. The number of Topliss-reactive ketones (excluding diaryl/α,β-unsaturated/α-hetero) is 1. The van der Waals surface area contributed by atoms with E-state index in [1.165, 1.54) is 32.7 Å². The zero-order valence-electron chi connectivity index (χ0n) is 18.2. The van der Waals surface area contributed by atoms with Crippen molar-refractivity contribution >= 4 is 52.5 Å². The van der Waals surface area contributed by atoms with Gasteiger partial charge in [0.2, 0.25) is 5.78 Å². The summed E-state index contributed by atoms with van der Waals surface area (Å²) in [6.45, 7) is 4.96. The third-order valence-corrected chi connectivity index (χ3v) is 5.43. The third-order valence-electron chi connectivity index (χ3n) is 4.04. The van der Waals surface area contributed by atoms with Crippen molar-refractivity contribution in [2.75, 3.05) is 13.7 Å². The standard InChI is InChI=1S/C23H23NO6S2.H2/c1-5-12-29-22(27)16-6-8-17(9-7-16)32-18-10-11-19(20(13-18)23(31)28-4)21(26)14(2)24-30-15(3)25;/h6-11,13H,5,12H2,1-4H3;1H/b24-14+;. The van der Waals surface area contributed by atoms with E-state index in [2.05, 4.69) is 9.99 Å². The number of oxime groups is 1. The Morgan fingerprint density at radius 3 is 2.28 bits per heavy atom. The molecule has 0 amide bonds. The molecule has 0 aliphatic heterocycles. The van der Waals surface area contributed by atoms with E-state index in [0.717, 1.165) is 16.2 Å². The van der Waals surface area contributed by atoms with Crippen LogP contribution in [0.2, 0.25) is 0 Å². The molecular formula is C23H25NO6S2. The average molecular weight is 476 g/mol. The highest BCUT2D eigenvalue weighted by molar-refractivity contribution is 7.99. The van der Waals surface area contributed by atoms with Gasteiger partial charge in [-0.05, 0) is 68.0 Å². The summed E-state index contributed by atoms with van der Waals surface area (Å²) in [7, 11) is 1.42. The average Bonchev–Trinajstić information content (AvgIpc) is 2.80. The van der Waals surface area contributed by atoms with E-state index in [9.17, 15) is 14.4 Å². The minimum absolute atomic E-state index is 0. The first-order chi connectivity index (χ1) is 15.3. The molecule has 0 aliphatic rings. The molecule has 0 unspecified atom stereocenters. The van der Waals surface area contributed by atoms with Gasteiger partial charge in [0.1, 0.15) is 5.71 Å². The predicted molar refractivity (Wildman–Crippen MR) is 128 cm³/mol. The Kier molecular flexibility index (Phi) is 9.55. The van der Waals surface area contributed by atoms with Crippen molar-refractivity contribution < 1.29 is 30.1 Å². The molecule has 0 N–H and O–H groups in total. The molecule has 9 heteroatoms. The fourth-order valence-electron chi connectivity index (χ4n) is 2.51. The predicted octanol–water partition coefficient (Wildman–Crippen LogP) is 5.09. The Hall–Kier alpha value is -3.04. The van der Waals surface area contributed by atoms with Gasteiger partial charge in [-0.15, -0.1) is 0 Å². The fourth-order valence-corrected chi connectivity index (χ4v) is 3.53. The van der Waals surface area contributed by atoms with E-state index in [1.54, 1.807) is 30.3 Å². The van der Waals surface area contributed by atoms with Gasteiger partial charge in [0, 0.05) is 29.3 Å². The Bertz CT molecular complexity index is 1050. The largest absolute Gasteiger partial charge is 0.486 e. The van der Waals surface area contributed by atoms with Gasteiger partial charge in [-0.3, -0.25) is 4.79 Å². The van der Waals surface area contributed by atoms with Gasteiger partial charge < -0.3 is 14.3 Å². The van der Waals surface area contributed by atoms with Crippen LogP contribution in [0.4, 0.5) is 0 Å². The van der Waals surface area contributed by atoms with Crippen molar-refractivity contribution in [2.45, 2.75) is 37.0 Å². The molecule has 0 atom stereocenters. The molecule has 0 spiro atoms. The number of rotatable bonds is 9. The summed E-state index contributed by atoms with van der Waals surface area (Å²) in [6, 6.07) is 12.2. The second kappa shape index (κ2) is 12.1. The summed E-state index contributed by atoms with van der Waals surface area (Å²) >= 11 is 6.70. The number of methoxy groups -OCH3 is 1. The van der Waals surface area contributed by atoms with Gasteiger partial charge in [0.25, 0.3) is 0 Å². The Balaban J connectivity index is 0.00000544. The number of nitrogens with zero attached hydrogens (tertiary/aromatic N) is 1. The number of thiocarbonyl (C=S) groups is 1. The number of carbonyl (C=O) groups is 3. The van der Waals surface area contributed by atoms with Crippen LogP contribution in [-0.2, 0) is 19.1 Å². The molecule has 2 rings (SSSR count). The summed E-state index contributed by atoms with van der Waals surface area (Å²) in [6.07, 6.45) is 0.763. The fraction of sp³-hybridized carbons (Fsp3) is 0.261. The van der Waals surface area contributed by atoms with Crippen LogP contribution in [0.15, 0.2) is 57.4 Å². The number of hydrogen-bond acceptors (Lipinski definition) is 9. The van der Waals surface area contributed by atoms with Crippen molar-refractivity contribution in [1.29, 1.82) is 0 Å². The molecule has 7 nitrogen and oxygen atoms in total. The van der Waals surface area contributed by atoms with Gasteiger partial charge in [-0.25, -0.2) is 9.59 Å². The van der Waals surface area contributed by atoms with E-state index in [4.69, 9.17) is 21.7 Å². The Labute approximate surface area is 197 Å². The summed E-state index contributed by atoms with van der Waals surface area (Å²) in [4.78, 5) is 41.9. The maximum absolute atomic E-state index is 12.8. The minimum atomic E-state index is -0.624. The van der Waals surface area contributed by atoms with Gasteiger partial charge in [-0.2, -0.15) is 0 Å². The molecule has 32 heavy (non-hydrogen) atoms. The van der Waals surface area contributed by atoms with Crippen molar-refractivity contribution in [3.05, 3.63) is 59.2 Å². The summed E-state index contributed by atoms with van der Waals surface area (Å²) in [5, 5.41) is 3.69. The lowest BCUT2D eigenvalue weighted by Crippen LogP contribution is -2.16. The topological polar surface area (TPSA) is 91.3 Å². The second-order valence-corrected chi connectivity index (χ2v) is 8.07. The van der Waals surface area contributed by atoms with Gasteiger partial charge in [-0.1, -0.05) is 23.8 Å². The SMILES string of the molecule is CCCOC(=O)c1ccc(Sc2ccc(C(=O)/C(C)=N/OC(C)=O)c(C(=S)OC)c2)cc1.[HH]. The van der Waals surface area contributed by atoms with Crippen molar-refractivity contribution in [3.63, 3.8) is 0 Å². The molecular weight excluding hydrogens is 450 g/mol. The normalized spacial score (nSPS) is 10.9. The van der Waals surface area contributed by atoms with E-state index < -0.39 is 11.8 Å². The number of carbonyl (C=O) groups excluding carboxylic acids is 3. The molecule has 2 aromatic carbocycles. The summed E-state index contributed by atoms with van der Waals surface area (Å²) in [5.74, 6) is -1.42. The number of ketones is 1. The lowest BCUT2D eigenvalue weighted by Gasteiger charge is -2.11. The van der Waals surface area contributed by atoms with Crippen molar-refractivity contribution in [2.24, 2.45) is 5.16 Å². The zero-order valence-corrected chi connectivity index (χ0v) is 19.8. The quantitative estimate of drug-likeness (QED) is 0.124. The van der Waals surface area contributed by atoms with Crippen LogP contribution >= 0.6 is 24.0 Å². The van der Waals surface area contributed by atoms with E-state index >= 15 is 0 Å². The van der Waals surface area contributed by atoms with Gasteiger partial charge in [0.15, 0.2) is 5.05 Å². The van der Waals surface area contributed by atoms with Crippen LogP contribution in [-0.4, -0.2) is 42.2 Å². The van der Waals surface area contributed by atoms with Crippen molar-refractivity contribution in [3.8, 4) is 0 Å². The molecule has 0 aliphatic carbocycles. The Morgan fingerprint density at radius 1 is 1.03 bits per heavy atom. The van der Waals surface area contributed by atoms with Crippen LogP contribution in [0.1, 0.15) is 54.9 Å². The Morgan fingerprint density at radius 2 is 1.69 bits per heavy atom. The minimum Gasteiger partial charge on any atom is -0.486 e. The van der Waals surface area contributed by atoms with Crippen molar-refractivity contribution in [1.82, 2.24) is 0 Å². The van der Waals surface area contributed by atoms with Gasteiger partial charge >= 0.3 is 11.9 Å². The third kappa shape index (κ3) is 7.00. The van der Waals surface area contributed by atoms with Crippen LogP contribution in [0.3, 0.4) is 0 Å². The number of hydrogen-bond donors (Lipinski definition) is 0. The summed E-state index contributed by atoms with van der Waals surface area (Å²) < 4.78 is 10.3. The zero-order chi connectivity index (χ0) is 23.7. The first-order valence-corrected chi connectivity index (χ1v) is 10.9. The molecule has 0 saturated carbocycles. The number of benzene rings is 2. The van der Waals surface area contributed by atoms with Gasteiger partial charge in [0.05, 0.1) is 19.3 Å². The smallest absolute Gasteiger partial charge is 0.338 e. The first kappa shape index (κ1) is 25.2. The van der Waals surface area contributed by atoms with Crippen LogP contribution < -0.4 is 0 Å². The van der Waals surface area contributed by atoms with Crippen LogP contribution in [0.25, 0.3) is 0 Å². The van der Waals surface area contributed by atoms with E-state index in [1.807, 2.05) is 19.1 Å². The van der Waals surface area contributed by atoms with Crippen LogP contribution in [0, 0.1) is 0 Å². The highest BCUT2D eigenvalue weighted by Crippen LogP contribution is 2.30. The molecule has 0 fully saturated rings. The van der Waals surface area contributed by atoms with E-state index in [0.29, 0.717) is 17.7 Å². The molecule has 0 saturated heterocycles. The second-order valence-electron chi connectivity index (χ2n) is 6.55. The monoisotopic (exact) mass is 475 g/mol. The first-order valence-electron chi connectivity index (χ1n) is 9.71. The molecule has 0 aromatic heterocycles. The summed E-state index contributed by atoms with van der Waals surface area (Å²) in [5.41, 5.74) is 1.19. The van der Waals surface area contributed by atoms with E-state index in [-0.39, 0.29) is 23.7 Å². The lowest BCUT2D eigenvalue weighted by molar-refractivity contribution is -0.140. The maximum atomic E-state index is 12.8.